The number of carbonyl (C=O) groups excluding carboxylic acids is 1. The van der Waals surface area contributed by atoms with E-state index in [1.54, 1.807) is 6.92 Å². The Morgan fingerprint density at radius 2 is 2.11 bits per heavy atom. The zero-order valence-corrected chi connectivity index (χ0v) is 11.8. The van der Waals surface area contributed by atoms with Gasteiger partial charge in [-0.15, -0.1) is 0 Å². The quantitative estimate of drug-likeness (QED) is 0.796. The zero-order valence-electron chi connectivity index (χ0n) is 11.0. The minimum atomic E-state index is -3.75. The van der Waals surface area contributed by atoms with E-state index < -0.39 is 22.0 Å². The average molecular weight is 287 g/mol. The van der Waals surface area contributed by atoms with Crippen molar-refractivity contribution in [3.8, 4) is 0 Å². The van der Waals surface area contributed by atoms with Crippen LogP contribution in [0.15, 0.2) is 29.2 Å². The fraction of sp³-hybridized carbons (Fsp3) is 0.417. The molecule has 0 saturated carbocycles. The summed E-state index contributed by atoms with van der Waals surface area (Å²) >= 11 is 0. The highest BCUT2D eigenvalue weighted by Gasteiger charge is 2.25. The number of esters is 1. The molecular formula is C12H17NO5S. The molecule has 0 spiro atoms. The van der Waals surface area contributed by atoms with Crippen LogP contribution in [-0.2, 0) is 14.8 Å². The molecule has 106 valence electrons. The van der Waals surface area contributed by atoms with E-state index in [1.165, 1.54) is 38.4 Å². The van der Waals surface area contributed by atoms with Crippen LogP contribution in [0.3, 0.4) is 0 Å². The van der Waals surface area contributed by atoms with Crippen molar-refractivity contribution < 1.29 is 23.1 Å². The molecule has 1 aromatic carbocycles. The van der Waals surface area contributed by atoms with Gasteiger partial charge < -0.3 is 9.84 Å². The van der Waals surface area contributed by atoms with Crippen LogP contribution in [0.5, 0.6) is 0 Å². The van der Waals surface area contributed by atoms with Crippen molar-refractivity contribution >= 4 is 16.0 Å². The molecule has 7 heteroatoms. The molecule has 6 nitrogen and oxygen atoms in total. The summed E-state index contributed by atoms with van der Waals surface area (Å²) in [5, 5.41) is 9.02. The molecule has 0 saturated heterocycles. The molecule has 0 fully saturated rings. The average Bonchev–Trinajstić information content (AvgIpc) is 2.44. The zero-order chi connectivity index (χ0) is 14.6. The fourth-order valence-electron chi connectivity index (χ4n) is 1.42. The minimum absolute atomic E-state index is 0.0156. The molecule has 0 heterocycles. The first-order chi connectivity index (χ1) is 8.84. The lowest BCUT2D eigenvalue weighted by atomic mass is 10.2. The number of ether oxygens (including phenoxy) is 1. The van der Waals surface area contributed by atoms with Gasteiger partial charge in [-0.2, -0.15) is 4.31 Å². The second kappa shape index (κ2) is 6.14. The lowest BCUT2D eigenvalue weighted by molar-refractivity contribution is 0.0600. The molecule has 0 aliphatic rings. The van der Waals surface area contributed by atoms with Crippen LogP contribution < -0.4 is 0 Å². The van der Waals surface area contributed by atoms with Crippen molar-refractivity contribution in [2.24, 2.45) is 0 Å². The van der Waals surface area contributed by atoms with Crippen molar-refractivity contribution in [3.05, 3.63) is 29.8 Å². The molecule has 0 bridgehead atoms. The lowest BCUT2D eigenvalue weighted by Gasteiger charge is -2.22. The van der Waals surface area contributed by atoms with E-state index in [2.05, 4.69) is 4.74 Å². The molecule has 1 atom stereocenters. The van der Waals surface area contributed by atoms with Crippen molar-refractivity contribution in [1.82, 2.24) is 4.31 Å². The Morgan fingerprint density at radius 1 is 1.47 bits per heavy atom. The Balaban J connectivity index is 3.19. The molecule has 0 aliphatic carbocycles. The van der Waals surface area contributed by atoms with E-state index in [9.17, 15) is 13.2 Å². The highest BCUT2D eigenvalue weighted by molar-refractivity contribution is 7.89. The predicted octanol–water partition coefficient (Wildman–Crippen LogP) is 0.474. The summed E-state index contributed by atoms with van der Waals surface area (Å²) in [4.78, 5) is 11.4. The van der Waals surface area contributed by atoms with E-state index in [1.807, 2.05) is 0 Å². The number of sulfonamides is 1. The van der Waals surface area contributed by atoms with Gasteiger partial charge in [-0.3, -0.25) is 0 Å². The van der Waals surface area contributed by atoms with Crippen LogP contribution in [0.2, 0.25) is 0 Å². The molecule has 0 radical (unpaired) electrons. The number of likely N-dealkylation sites (N-methyl/N-ethyl adjacent to an activating group) is 1. The second-order valence-electron chi connectivity index (χ2n) is 4.07. The Kier molecular flexibility index (Phi) is 5.04. The second-order valence-corrected chi connectivity index (χ2v) is 6.07. The molecule has 0 aliphatic heterocycles. The lowest BCUT2D eigenvalue weighted by Crippen LogP contribution is -2.37. The summed E-state index contributed by atoms with van der Waals surface area (Å²) in [7, 11) is -1.15. The molecule has 1 N–H and O–H groups in total. The summed E-state index contributed by atoms with van der Waals surface area (Å²) in [6.07, 6.45) is 0. The molecule has 0 amide bonds. The number of carbonyl (C=O) groups is 1. The third kappa shape index (κ3) is 3.31. The molecule has 1 rings (SSSR count). The SMILES string of the molecule is COC(=O)c1cccc(S(=O)(=O)N(C)[C@@H](C)CO)c1. The van der Waals surface area contributed by atoms with Gasteiger partial charge in [0, 0.05) is 13.1 Å². The van der Waals surface area contributed by atoms with E-state index in [-0.39, 0.29) is 17.1 Å². The number of nitrogens with zero attached hydrogens (tertiary/aromatic N) is 1. The van der Waals surface area contributed by atoms with Gasteiger partial charge >= 0.3 is 5.97 Å². The summed E-state index contributed by atoms with van der Waals surface area (Å²) in [6, 6.07) is 5.04. The molecule has 19 heavy (non-hydrogen) atoms. The Labute approximate surface area is 112 Å². The number of hydrogen-bond acceptors (Lipinski definition) is 5. The van der Waals surface area contributed by atoms with Crippen LogP contribution >= 0.6 is 0 Å². The van der Waals surface area contributed by atoms with Gasteiger partial charge in [0.25, 0.3) is 0 Å². The third-order valence-electron chi connectivity index (χ3n) is 2.82. The van der Waals surface area contributed by atoms with Crippen LogP contribution in [0.1, 0.15) is 17.3 Å². The first-order valence-corrected chi connectivity index (χ1v) is 7.06. The largest absolute Gasteiger partial charge is 0.465 e. The van der Waals surface area contributed by atoms with Gasteiger partial charge in [0.2, 0.25) is 10.0 Å². The number of hydrogen-bond donors (Lipinski definition) is 1. The van der Waals surface area contributed by atoms with Gasteiger partial charge in [0.15, 0.2) is 0 Å². The summed E-state index contributed by atoms with van der Waals surface area (Å²) in [6.45, 7) is 1.30. The Bertz CT molecular complexity index is 555. The highest BCUT2D eigenvalue weighted by Crippen LogP contribution is 2.18. The number of benzene rings is 1. The number of methoxy groups -OCH3 is 1. The Morgan fingerprint density at radius 3 is 2.63 bits per heavy atom. The number of aliphatic hydroxyl groups excluding tert-OH is 1. The minimum Gasteiger partial charge on any atom is -0.465 e. The monoisotopic (exact) mass is 287 g/mol. The van der Waals surface area contributed by atoms with Crippen LogP contribution in [0, 0.1) is 0 Å². The van der Waals surface area contributed by atoms with Crippen LogP contribution in [0.4, 0.5) is 0 Å². The molecular weight excluding hydrogens is 270 g/mol. The first-order valence-electron chi connectivity index (χ1n) is 5.62. The van der Waals surface area contributed by atoms with E-state index in [0.717, 1.165) is 4.31 Å². The van der Waals surface area contributed by atoms with Gasteiger partial charge in [-0.25, -0.2) is 13.2 Å². The first kappa shape index (κ1) is 15.6. The summed E-state index contributed by atoms with van der Waals surface area (Å²) in [5.41, 5.74) is 0.161. The van der Waals surface area contributed by atoms with Crippen molar-refractivity contribution in [2.45, 2.75) is 17.9 Å². The van der Waals surface area contributed by atoms with Crippen molar-refractivity contribution in [1.29, 1.82) is 0 Å². The topological polar surface area (TPSA) is 83.9 Å². The predicted molar refractivity (Wildman–Crippen MR) is 69.3 cm³/mol. The van der Waals surface area contributed by atoms with E-state index >= 15 is 0 Å². The molecule has 0 unspecified atom stereocenters. The maximum atomic E-state index is 12.3. The summed E-state index contributed by atoms with van der Waals surface area (Å²) in [5.74, 6) is -0.602. The van der Waals surface area contributed by atoms with E-state index in [0.29, 0.717) is 0 Å². The van der Waals surface area contributed by atoms with Gasteiger partial charge in [0.05, 0.1) is 24.2 Å². The third-order valence-corrected chi connectivity index (χ3v) is 4.78. The van der Waals surface area contributed by atoms with Crippen molar-refractivity contribution in [3.63, 3.8) is 0 Å². The highest BCUT2D eigenvalue weighted by atomic mass is 32.2. The van der Waals surface area contributed by atoms with Gasteiger partial charge in [-0.05, 0) is 25.1 Å². The molecule has 0 aromatic heterocycles. The van der Waals surface area contributed by atoms with E-state index in [4.69, 9.17) is 5.11 Å². The van der Waals surface area contributed by atoms with Gasteiger partial charge in [0.1, 0.15) is 0 Å². The van der Waals surface area contributed by atoms with Crippen LogP contribution in [-0.4, -0.2) is 50.6 Å². The maximum absolute atomic E-state index is 12.3. The number of rotatable bonds is 5. The smallest absolute Gasteiger partial charge is 0.337 e. The van der Waals surface area contributed by atoms with Gasteiger partial charge in [-0.1, -0.05) is 6.07 Å². The number of aliphatic hydroxyl groups is 1. The summed E-state index contributed by atoms with van der Waals surface area (Å²) < 4.78 is 30.1. The molecule has 1 aromatic rings. The Hall–Kier alpha value is -1.44. The van der Waals surface area contributed by atoms with Crippen LogP contribution in [0.25, 0.3) is 0 Å². The fourth-order valence-corrected chi connectivity index (χ4v) is 2.82. The maximum Gasteiger partial charge on any atom is 0.337 e. The normalized spacial score (nSPS) is 13.3. The van der Waals surface area contributed by atoms with Crippen molar-refractivity contribution in [2.75, 3.05) is 20.8 Å². The standard InChI is InChI=1S/C12H17NO5S/c1-9(8-14)13(2)19(16,17)11-6-4-5-10(7-11)12(15)18-3/h4-7,9,14H,8H2,1-3H3/t9-/m0/s1.